The van der Waals surface area contributed by atoms with Gasteiger partial charge >= 0.3 is 5.69 Å². The average Bonchev–Trinajstić information content (AvgIpc) is 2.92. The number of hydrogen-bond acceptors (Lipinski definition) is 3. The fourth-order valence-corrected chi connectivity index (χ4v) is 3.37. The molecule has 1 amide bonds. The molecule has 0 spiro atoms. The second kappa shape index (κ2) is 6.88. The van der Waals surface area contributed by atoms with Crippen LogP contribution in [0.3, 0.4) is 0 Å². The number of anilines is 1. The van der Waals surface area contributed by atoms with Crippen LogP contribution < -0.4 is 15.7 Å². The number of rotatable bonds is 4. The van der Waals surface area contributed by atoms with E-state index in [9.17, 15) is 9.59 Å². The molecular formula is C22H21N3O3. The van der Waals surface area contributed by atoms with Gasteiger partial charge in [0.15, 0.2) is 6.10 Å². The summed E-state index contributed by atoms with van der Waals surface area (Å²) in [6.45, 7) is 1.72. The van der Waals surface area contributed by atoms with E-state index in [1.165, 1.54) is 0 Å². The third kappa shape index (κ3) is 3.03. The van der Waals surface area contributed by atoms with Crippen molar-refractivity contribution in [1.82, 2.24) is 9.13 Å². The molecule has 4 aromatic rings. The number of benzene rings is 3. The lowest BCUT2D eigenvalue weighted by molar-refractivity contribution is -0.122. The van der Waals surface area contributed by atoms with Crippen molar-refractivity contribution in [2.24, 2.45) is 14.1 Å². The summed E-state index contributed by atoms with van der Waals surface area (Å²) in [7, 11) is 3.44. The Hall–Kier alpha value is -3.54. The summed E-state index contributed by atoms with van der Waals surface area (Å²) >= 11 is 0. The third-order valence-corrected chi connectivity index (χ3v) is 4.96. The van der Waals surface area contributed by atoms with E-state index in [1.54, 1.807) is 42.3 Å². The van der Waals surface area contributed by atoms with Gasteiger partial charge in [0.05, 0.1) is 11.0 Å². The van der Waals surface area contributed by atoms with Crippen LogP contribution in [0.15, 0.2) is 65.5 Å². The predicted molar refractivity (Wildman–Crippen MR) is 111 cm³/mol. The van der Waals surface area contributed by atoms with Gasteiger partial charge in [-0.15, -0.1) is 0 Å². The van der Waals surface area contributed by atoms with E-state index in [1.807, 2.05) is 48.5 Å². The van der Waals surface area contributed by atoms with Crippen LogP contribution in [-0.4, -0.2) is 21.1 Å². The molecular weight excluding hydrogens is 354 g/mol. The van der Waals surface area contributed by atoms with Crippen molar-refractivity contribution < 1.29 is 9.53 Å². The van der Waals surface area contributed by atoms with Gasteiger partial charge in [0.1, 0.15) is 5.75 Å². The minimum atomic E-state index is -0.680. The normalized spacial score (nSPS) is 12.2. The van der Waals surface area contributed by atoms with Gasteiger partial charge in [0.2, 0.25) is 0 Å². The van der Waals surface area contributed by atoms with E-state index in [2.05, 4.69) is 5.32 Å². The smallest absolute Gasteiger partial charge is 0.328 e. The molecule has 6 nitrogen and oxygen atoms in total. The lowest BCUT2D eigenvalue weighted by atomic mass is 10.1. The molecule has 4 rings (SSSR count). The Kier molecular flexibility index (Phi) is 4.39. The number of aryl methyl sites for hydroxylation is 2. The van der Waals surface area contributed by atoms with E-state index in [0.717, 1.165) is 21.8 Å². The van der Waals surface area contributed by atoms with Crippen LogP contribution in [0.25, 0.3) is 21.8 Å². The number of imidazole rings is 1. The molecule has 6 heteroatoms. The van der Waals surface area contributed by atoms with Gasteiger partial charge in [-0.05, 0) is 36.6 Å². The summed E-state index contributed by atoms with van der Waals surface area (Å²) in [5.41, 5.74) is 2.08. The summed E-state index contributed by atoms with van der Waals surface area (Å²) in [6, 6.07) is 19.1. The van der Waals surface area contributed by atoms with E-state index >= 15 is 0 Å². The van der Waals surface area contributed by atoms with Crippen molar-refractivity contribution in [3.05, 3.63) is 71.1 Å². The van der Waals surface area contributed by atoms with Crippen molar-refractivity contribution >= 4 is 33.4 Å². The predicted octanol–water partition coefficient (Wildman–Crippen LogP) is 3.44. The zero-order valence-electron chi connectivity index (χ0n) is 16.0. The van der Waals surface area contributed by atoms with Crippen molar-refractivity contribution in [3.8, 4) is 5.75 Å². The number of aromatic nitrogens is 2. The first-order valence-electron chi connectivity index (χ1n) is 9.06. The highest BCUT2D eigenvalue weighted by atomic mass is 16.5. The molecule has 0 aliphatic heterocycles. The third-order valence-electron chi connectivity index (χ3n) is 4.96. The Morgan fingerprint density at radius 3 is 2.50 bits per heavy atom. The van der Waals surface area contributed by atoms with Crippen LogP contribution in [0.1, 0.15) is 6.92 Å². The molecule has 0 bridgehead atoms. The maximum Gasteiger partial charge on any atom is 0.328 e. The van der Waals surface area contributed by atoms with Crippen LogP contribution in [0.5, 0.6) is 5.75 Å². The number of hydrogen-bond donors (Lipinski definition) is 1. The van der Waals surface area contributed by atoms with Gasteiger partial charge < -0.3 is 10.1 Å². The average molecular weight is 375 g/mol. The summed E-state index contributed by atoms with van der Waals surface area (Å²) in [4.78, 5) is 24.7. The second-order valence-electron chi connectivity index (χ2n) is 6.83. The molecule has 1 unspecified atom stereocenters. The highest BCUT2D eigenvalue weighted by Gasteiger charge is 2.17. The Labute approximate surface area is 162 Å². The van der Waals surface area contributed by atoms with Crippen LogP contribution in [-0.2, 0) is 18.9 Å². The molecule has 3 aromatic carbocycles. The number of ether oxygens (including phenoxy) is 1. The van der Waals surface area contributed by atoms with Gasteiger partial charge in [-0.2, -0.15) is 0 Å². The molecule has 0 aliphatic carbocycles. The number of carbonyl (C=O) groups excluding carboxylic acids is 1. The van der Waals surface area contributed by atoms with E-state index in [0.29, 0.717) is 11.4 Å². The van der Waals surface area contributed by atoms with Gasteiger partial charge in [-0.25, -0.2) is 4.79 Å². The first-order valence-corrected chi connectivity index (χ1v) is 9.06. The van der Waals surface area contributed by atoms with E-state index in [-0.39, 0.29) is 11.6 Å². The van der Waals surface area contributed by atoms with Gasteiger partial charge in [-0.1, -0.05) is 36.4 Å². The zero-order valence-corrected chi connectivity index (χ0v) is 16.0. The highest BCUT2D eigenvalue weighted by Crippen LogP contribution is 2.26. The molecule has 1 atom stereocenters. The van der Waals surface area contributed by atoms with Crippen LogP contribution in [0, 0.1) is 0 Å². The maximum atomic E-state index is 12.6. The lowest BCUT2D eigenvalue weighted by Gasteiger charge is -2.16. The maximum absolute atomic E-state index is 12.6. The molecule has 0 saturated carbocycles. The van der Waals surface area contributed by atoms with E-state index < -0.39 is 6.10 Å². The molecule has 28 heavy (non-hydrogen) atoms. The molecule has 1 heterocycles. The minimum Gasteiger partial charge on any atom is -0.480 e. The topological polar surface area (TPSA) is 65.3 Å². The quantitative estimate of drug-likeness (QED) is 0.594. The lowest BCUT2D eigenvalue weighted by Crippen LogP contribution is -2.30. The number of nitrogens with zero attached hydrogens (tertiary/aromatic N) is 2. The molecule has 0 radical (unpaired) electrons. The molecule has 142 valence electrons. The van der Waals surface area contributed by atoms with Gasteiger partial charge in [0.25, 0.3) is 5.91 Å². The van der Waals surface area contributed by atoms with Gasteiger partial charge in [-0.3, -0.25) is 13.9 Å². The van der Waals surface area contributed by atoms with Crippen LogP contribution >= 0.6 is 0 Å². The number of nitrogens with one attached hydrogen (secondary N) is 1. The Morgan fingerprint density at radius 2 is 1.68 bits per heavy atom. The Bertz CT molecular complexity index is 1250. The summed E-state index contributed by atoms with van der Waals surface area (Å²) in [6.07, 6.45) is -0.680. The SMILES string of the molecule is CC(Oc1cccc2ccccc12)C(=O)Nc1ccc2c(c1)n(C)c(=O)n2C. The first kappa shape index (κ1) is 17.9. The number of carbonyl (C=O) groups is 1. The van der Waals surface area contributed by atoms with Crippen molar-refractivity contribution in [1.29, 1.82) is 0 Å². The minimum absolute atomic E-state index is 0.105. The zero-order chi connectivity index (χ0) is 19.8. The summed E-state index contributed by atoms with van der Waals surface area (Å²) in [5.74, 6) is 0.412. The Balaban J connectivity index is 1.55. The van der Waals surface area contributed by atoms with Crippen molar-refractivity contribution in [3.63, 3.8) is 0 Å². The molecule has 0 fully saturated rings. The number of amides is 1. The first-order chi connectivity index (χ1) is 13.5. The van der Waals surface area contributed by atoms with E-state index in [4.69, 9.17) is 4.74 Å². The highest BCUT2D eigenvalue weighted by molar-refractivity contribution is 5.96. The monoisotopic (exact) mass is 375 g/mol. The largest absolute Gasteiger partial charge is 0.480 e. The summed E-state index contributed by atoms with van der Waals surface area (Å²) in [5, 5.41) is 4.89. The fraction of sp³-hybridized carbons (Fsp3) is 0.182. The fourth-order valence-electron chi connectivity index (χ4n) is 3.37. The molecule has 0 saturated heterocycles. The molecule has 0 aliphatic rings. The number of fused-ring (bicyclic) bond motifs is 2. The molecule has 1 N–H and O–H groups in total. The standard InChI is InChI=1S/C22H21N3O3/c1-14(28-20-10-6-8-15-7-4-5-9-17(15)20)21(26)23-16-11-12-18-19(13-16)25(3)22(27)24(18)2/h4-14H,1-3H3,(H,23,26). The van der Waals surface area contributed by atoms with Crippen molar-refractivity contribution in [2.75, 3.05) is 5.32 Å². The van der Waals surface area contributed by atoms with Crippen LogP contribution in [0.2, 0.25) is 0 Å². The van der Waals surface area contributed by atoms with Crippen molar-refractivity contribution in [2.45, 2.75) is 13.0 Å². The summed E-state index contributed by atoms with van der Waals surface area (Å²) < 4.78 is 9.06. The Morgan fingerprint density at radius 1 is 0.964 bits per heavy atom. The molecule has 1 aromatic heterocycles. The second-order valence-corrected chi connectivity index (χ2v) is 6.83. The van der Waals surface area contributed by atoms with Crippen LogP contribution in [0.4, 0.5) is 5.69 Å². The van der Waals surface area contributed by atoms with Gasteiger partial charge in [0, 0.05) is 25.2 Å².